The summed E-state index contributed by atoms with van der Waals surface area (Å²) in [6, 6.07) is 9.83. The fraction of sp³-hybridized carbons (Fsp3) is 0.200. The van der Waals surface area contributed by atoms with Crippen LogP contribution in [0.25, 0.3) is 6.08 Å². The molecule has 1 amide bonds. The van der Waals surface area contributed by atoms with Crippen molar-refractivity contribution in [3.63, 3.8) is 0 Å². The number of carboxylic acid groups (broad SMARTS) is 1. The van der Waals surface area contributed by atoms with Crippen LogP contribution < -0.4 is 4.90 Å². The first kappa shape index (κ1) is 20.4. The maximum atomic E-state index is 13.2. The Kier molecular flexibility index (Phi) is 5.76. The average Bonchev–Trinajstić information content (AvgIpc) is 2.91. The highest BCUT2D eigenvalue weighted by Gasteiger charge is 2.51. The van der Waals surface area contributed by atoms with Gasteiger partial charge in [0.25, 0.3) is 0 Å². The van der Waals surface area contributed by atoms with E-state index in [0.717, 1.165) is 6.08 Å². The molecular formula is C20H17Cl2NO5. The van der Waals surface area contributed by atoms with Crippen LogP contribution in [0.5, 0.6) is 0 Å². The first-order chi connectivity index (χ1) is 13.3. The average molecular weight is 422 g/mol. The minimum absolute atomic E-state index is 0.0709. The maximum Gasteiger partial charge on any atom is 0.328 e. The van der Waals surface area contributed by atoms with Gasteiger partial charge in [-0.15, -0.1) is 0 Å². The molecule has 1 heterocycles. The molecule has 0 atom stereocenters. The molecule has 0 saturated heterocycles. The van der Waals surface area contributed by atoms with Crippen molar-refractivity contribution in [1.29, 1.82) is 0 Å². The Hall–Kier alpha value is -2.38. The van der Waals surface area contributed by atoms with E-state index in [-0.39, 0.29) is 6.54 Å². The number of anilines is 1. The highest BCUT2D eigenvalue weighted by atomic mass is 35.5. The number of carbonyl (C=O) groups is 2. The van der Waals surface area contributed by atoms with E-state index >= 15 is 0 Å². The predicted molar refractivity (Wildman–Crippen MR) is 107 cm³/mol. The molecule has 0 spiro atoms. The number of hydrogen-bond acceptors (Lipinski definition) is 4. The Balaban J connectivity index is 2.17. The molecule has 2 aromatic carbocycles. The van der Waals surface area contributed by atoms with Crippen molar-refractivity contribution in [2.45, 2.75) is 12.0 Å². The summed E-state index contributed by atoms with van der Waals surface area (Å²) < 4.78 is 0. The lowest BCUT2D eigenvalue weighted by Crippen LogP contribution is -2.45. The number of halogens is 2. The van der Waals surface area contributed by atoms with Crippen molar-refractivity contribution in [1.82, 2.24) is 0 Å². The number of hydrogen-bond donors (Lipinski definition) is 3. The summed E-state index contributed by atoms with van der Waals surface area (Å²) in [5.41, 5.74) is 0.441. The third kappa shape index (κ3) is 3.40. The molecule has 0 fully saturated rings. The molecule has 0 unspecified atom stereocenters. The molecule has 1 aliphatic heterocycles. The monoisotopic (exact) mass is 421 g/mol. The standard InChI is InChI=1S/C20H17Cl2NO5/c21-14-6-4-13(16(22)8-14)9-23-18-12(5-7-17(26)27)2-1-3-15(18)20(10-24,11-25)19(23)28/h1-8,24-25H,9-11H2,(H,26,27). The normalized spacial score (nSPS) is 15.3. The summed E-state index contributed by atoms with van der Waals surface area (Å²) in [6.07, 6.45) is 2.33. The number of aliphatic hydroxyl groups excluding tert-OH is 2. The molecule has 3 rings (SSSR count). The summed E-state index contributed by atoms with van der Waals surface area (Å²) in [5, 5.41) is 29.7. The highest BCUT2D eigenvalue weighted by Crippen LogP contribution is 2.45. The van der Waals surface area contributed by atoms with Crippen molar-refractivity contribution < 1.29 is 24.9 Å². The van der Waals surface area contributed by atoms with Crippen molar-refractivity contribution in [3.8, 4) is 0 Å². The van der Waals surface area contributed by atoms with E-state index in [4.69, 9.17) is 28.3 Å². The molecule has 0 saturated carbocycles. The first-order valence-corrected chi connectivity index (χ1v) is 9.12. The van der Waals surface area contributed by atoms with Crippen molar-refractivity contribution >= 4 is 46.8 Å². The van der Waals surface area contributed by atoms with Gasteiger partial charge >= 0.3 is 5.97 Å². The van der Waals surface area contributed by atoms with Crippen LogP contribution in [0.4, 0.5) is 5.69 Å². The highest BCUT2D eigenvalue weighted by molar-refractivity contribution is 6.35. The zero-order chi connectivity index (χ0) is 20.5. The molecule has 0 aromatic heterocycles. The third-order valence-electron chi connectivity index (χ3n) is 4.80. The minimum atomic E-state index is -1.51. The van der Waals surface area contributed by atoms with Gasteiger partial charge < -0.3 is 20.2 Å². The Labute approximate surface area is 171 Å². The Morgan fingerprint density at radius 2 is 1.86 bits per heavy atom. The molecular weight excluding hydrogens is 405 g/mol. The number of nitrogens with zero attached hydrogens (tertiary/aromatic N) is 1. The van der Waals surface area contributed by atoms with Crippen molar-refractivity contribution in [3.05, 3.63) is 69.2 Å². The molecule has 8 heteroatoms. The van der Waals surface area contributed by atoms with Crippen LogP contribution in [0.3, 0.4) is 0 Å². The Bertz CT molecular complexity index is 969. The lowest BCUT2D eigenvalue weighted by Gasteiger charge is -2.24. The van der Waals surface area contributed by atoms with Gasteiger partial charge in [-0.25, -0.2) is 4.79 Å². The smallest absolute Gasteiger partial charge is 0.328 e. The Morgan fingerprint density at radius 3 is 2.46 bits per heavy atom. The number of benzene rings is 2. The first-order valence-electron chi connectivity index (χ1n) is 8.36. The summed E-state index contributed by atoms with van der Waals surface area (Å²) >= 11 is 12.2. The van der Waals surface area contributed by atoms with E-state index in [9.17, 15) is 19.8 Å². The summed E-state index contributed by atoms with van der Waals surface area (Å²) in [6.45, 7) is -1.11. The fourth-order valence-corrected chi connectivity index (χ4v) is 3.81. The lowest BCUT2D eigenvalue weighted by atomic mass is 9.82. The largest absolute Gasteiger partial charge is 0.478 e. The van der Waals surface area contributed by atoms with Gasteiger partial charge in [0, 0.05) is 16.1 Å². The topological polar surface area (TPSA) is 98.1 Å². The number of rotatable bonds is 6. The number of aliphatic carboxylic acids is 1. The van der Waals surface area contributed by atoms with Crippen LogP contribution in [-0.2, 0) is 21.5 Å². The quantitative estimate of drug-likeness (QED) is 0.622. The molecule has 1 aliphatic rings. The number of fused-ring (bicyclic) bond motifs is 1. The van der Waals surface area contributed by atoms with Crippen LogP contribution in [0.2, 0.25) is 10.0 Å². The van der Waals surface area contributed by atoms with Gasteiger partial charge in [-0.2, -0.15) is 0 Å². The lowest BCUT2D eigenvalue weighted by molar-refractivity contribution is -0.131. The van der Waals surface area contributed by atoms with E-state index in [1.807, 2.05) is 0 Å². The summed E-state index contributed by atoms with van der Waals surface area (Å²) in [4.78, 5) is 25.6. The number of amides is 1. The van der Waals surface area contributed by atoms with E-state index in [2.05, 4.69) is 0 Å². The van der Waals surface area contributed by atoms with Crippen molar-refractivity contribution in [2.75, 3.05) is 18.1 Å². The molecule has 2 aromatic rings. The number of aliphatic hydroxyl groups is 2. The second-order valence-corrected chi connectivity index (χ2v) is 7.28. The zero-order valence-electron chi connectivity index (χ0n) is 14.6. The molecule has 0 aliphatic carbocycles. The summed E-state index contributed by atoms with van der Waals surface area (Å²) in [7, 11) is 0. The molecule has 0 radical (unpaired) electrons. The van der Waals surface area contributed by atoms with Crippen molar-refractivity contribution in [2.24, 2.45) is 0 Å². The van der Waals surface area contributed by atoms with E-state index < -0.39 is 30.5 Å². The second-order valence-electron chi connectivity index (χ2n) is 6.44. The van der Waals surface area contributed by atoms with Crippen LogP contribution in [-0.4, -0.2) is 40.4 Å². The number of carboxylic acids is 1. The van der Waals surface area contributed by atoms with Crippen LogP contribution in [0.15, 0.2) is 42.5 Å². The van der Waals surface area contributed by atoms with E-state index in [1.54, 1.807) is 36.4 Å². The van der Waals surface area contributed by atoms with Gasteiger partial charge in [0.15, 0.2) is 0 Å². The van der Waals surface area contributed by atoms with Gasteiger partial charge in [0.1, 0.15) is 5.41 Å². The predicted octanol–water partition coefficient (Wildman–Crippen LogP) is 2.86. The number of carbonyl (C=O) groups excluding carboxylic acids is 1. The van der Waals surface area contributed by atoms with Crippen LogP contribution in [0.1, 0.15) is 16.7 Å². The molecule has 28 heavy (non-hydrogen) atoms. The van der Waals surface area contributed by atoms with E-state index in [1.165, 1.54) is 11.0 Å². The maximum absolute atomic E-state index is 13.2. The molecule has 146 valence electrons. The summed E-state index contributed by atoms with van der Waals surface area (Å²) in [5.74, 6) is -1.63. The van der Waals surface area contributed by atoms with Gasteiger partial charge in [-0.05, 0) is 34.9 Å². The zero-order valence-corrected chi connectivity index (χ0v) is 16.1. The van der Waals surface area contributed by atoms with Gasteiger partial charge in [-0.1, -0.05) is 47.5 Å². The fourth-order valence-electron chi connectivity index (χ4n) is 3.35. The van der Waals surface area contributed by atoms with E-state index in [0.29, 0.717) is 32.4 Å². The molecule has 3 N–H and O–H groups in total. The Morgan fingerprint density at radius 1 is 1.14 bits per heavy atom. The van der Waals surface area contributed by atoms with Crippen LogP contribution >= 0.6 is 23.2 Å². The van der Waals surface area contributed by atoms with Gasteiger partial charge in [0.2, 0.25) is 5.91 Å². The third-order valence-corrected chi connectivity index (χ3v) is 5.38. The second kappa shape index (κ2) is 7.93. The molecule has 0 bridgehead atoms. The van der Waals surface area contributed by atoms with Gasteiger partial charge in [-0.3, -0.25) is 4.79 Å². The molecule has 6 nitrogen and oxygen atoms in total. The SMILES string of the molecule is O=C(O)C=Cc1cccc2c1N(Cc1ccc(Cl)cc1Cl)C(=O)C2(CO)CO. The van der Waals surface area contributed by atoms with Gasteiger partial charge in [0.05, 0.1) is 25.4 Å². The van der Waals surface area contributed by atoms with Crippen LogP contribution in [0, 0.1) is 0 Å². The number of para-hydroxylation sites is 1. The minimum Gasteiger partial charge on any atom is -0.478 e.